The molecular formula is C11H10ClF3O4S. The number of alkyl halides is 3. The van der Waals surface area contributed by atoms with Gasteiger partial charge in [-0.15, -0.1) is 0 Å². The van der Waals surface area contributed by atoms with Crippen LogP contribution in [-0.2, 0) is 20.0 Å². The van der Waals surface area contributed by atoms with Crippen LogP contribution in [0.5, 0.6) is 0 Å². The van der Waals surface area contributed by atoms with Gasteiger partial charge in [0.05, 0.1) is 17.7 Å². The summed E-state index contributed by atoms with van der Waals surface area (Å²) in [4.78, 5) is 10.4. The van der Waals surface area contributed by atoms with Gasteiger partial charge in [-0.25, -0.2) is 13.2 Å². The van der Waals surface area contributed by atoms with Crippen LogP contribution in [0.1, 0.15) is 29.3 Å². The summed E-state index contributed by atoms with van der Waals surface area (Å²) in [5.74, 6) is -1.17. The number of hydrogen-bond acceptors (Lipinski definition) is 4. The summed E-state index contributed by atoms with van der Waals surface area (Å²) in [6, 6.07) is 2.37. The minimum atomic E-state index is -4.96. The second-order valence-electron chi connectivity index (χ2n) is 3.75. The van der Waals surface area contributed by atoms with E-state index in [-0.39, 0.29) is 6.61 Å². The second-order valence-corrected chi connectivity index (χ2v) is 6.26. The van der Waals surface area contributed by atoms with Gasteiger partial charge in [0.25, 0.3) is 9.05 Å². The first-order chi connectivity index (χ1) is 9.09. The van der Waals surface area contributed by atoms with Crippen molar-refractivity contribution in [2.75, 3.05) is 6.61 Å². The van der Waals surface area contributed by atoms with E-state index >= 15 is 0 Å². The molecule has 0 unspecified atom stereocenters. The third-order valence-electron chi connectivity index (χ3n) is 2.22. The zero-order valence-electron chi connectivity index (χ0n) is 10.2. The molecule has 1 rings (SSSR count). The molecule has 0 amide bonds. The first-order valence-corrected chi connectivity index (χ1v) is 7.72. The number of hydrogen-bond donors (Lipinski definition) is 0. The van der Waals surface area contributed by atoms with Crippen molar-refractivity contribution in [3.63, 3.8) is 0 Å². The predicted octanol–water partition coefficient (Wildman–Crippen LogP) is 3.20. The maximum atomic E-state index is 12.8. The number of esters is 1. The Labute approximate surface area is 117 Å². The van der Waals surface area contributed by atoms with E-state index < -0.39 is 37.2 Å². The molecule has 0 radical (unpaired) electrons. The normalized spacial score (nSPS) is 12.2. The van der Waals surface area contributed by atoms with Crippen LogP contribution in [0.2, 0.25) is 0 Å². The summed E-state index contributed by atoms with van der Waals surface area (Å²) in [5.41, 5.74) is -2.23. The van der Waals surface area contributed by atoms with Crippen LogP contribution in [0.3, 0.4) is 0 Å². The van der Waals surface area contributed by atoms with E-state index in [9.17, 15) is 26.4 Å². The third-order valence-corrected chi connectivity index (χ3v) is 3.61. The largest absolute Gasteiger partial charge is 0.462 e. The predicted molar refractivity (Wildman–Crippen MR) is 65.1 cm³/mol. The summed E-state index contributed by atoms with van der Waals surface area (Å²) >= 11 is 0. The van der Waals surface area contributed by atoms with E-state index in [1.807, 2.05) is 0 Å². The fraction of sp³-hybridized carbons (Fsp3) is 0.364. The van der Waals surface area contributed by atoms with Crippen LogP contribution >= 0.6 is 10.7 Å². The molecule has 1 aromatic rings. The monoisotopic (exact) mass is 330 g/mol. The van der Waals surface area contributed by atoms with Gasteiger partial charge in [-0.3, -0.25) is 0 Å². The smallest absolute Gasteiger partial charge is 0.417 e. The zero-order valence-corrected chi connectivity index (χ0v) is 11.8. The van der Waals surface area contributed by atoms with Crippen LogP contribution in [0, 0.1) is 0 Å². The van der Waals surface area contributed by atoms with Crippen LogP contribution in [0.25, 0.3) is 0 Å². The summed E-state index contributed by atoms with van der Waals surface area (Å²) < 4.78 is 65.8. The molecule has 0 aliphatic rings. The maximum Gasteiger partial charge on any atom is 0.417 e. The molecule has 0 N–H and O–H groups in total. The van der Waals surface area contributed by atoms with Crippen molar-refractivity contribution in [1.82, 2.24) is 0 Å². The Morgan fingerprint density at radius 1 is 1.35 bits per heavy atom. The highest BCUT2D eigenvalue weighted by atomic mass is 35.7. The Hall–Kier alpha value is -1.28. The molecule has 0 spiro atoms. The van der Waals surface area contributed by atoms with E-state index in [2.05, 4.69) is 4.74 Å². The summed E-state index contributed by atoms with van der Waals surface area (Å²) in [7, 11) is 0.252. The maximum absolute atomic E-state index is 12.8. The van der Waals surface area contributed by atoms with Crippen LogP contribution in [0.15, 0.2) is 23.1 Å². The van der Waals surface area contributed by atoms with Gasteiger partial charge < -0.3 is 4.74 Å². The Kier molecular flexibility index (Phi) is 5.04. The third kappa shape index (κ3) is 3.86. The van der Waals surface area contributed by atoms with Crippen molar-refractivity contribution in [1.29, 1.82) is 0 Å². The van der Waals surface area contributed by atoms with Gasteiger partial charge in [-0.1, -0.05) is 13.0 Å². The van der Waals surface area contributed by atoms with Crippen molar-refractivity contribution < 1.29 is 31.1 Å². The molecule has 0 saturated carbocycles. The first kappa shape index (κ1) is 16.8. The van der Waals surface area contributed by atoms with E-state index in [0.29, 0.717) is 12.5 Å². The lowest BCUT2D eigenvalue weighted by Crippen LogP contribution is -2.17. The molecule has 9 heteroatoms. The van der Waals surface area contributed by atoms with Gasteiger partial charge in [0.1, 0.15) is 4.90 Å². The molecule has 0 heterocycles. The van der Waals surface area contributed by atoms with E-state index in [4.69, 9.17) is 10.7 Å². The molecule has 4 nitrogen and oxygen atoms in total. The van der Waals surface area contributed by atoms with Gasteiger partial charge in [0.2, 0.25) is 0 Å². The highest BCUT2D eigenvalue weighted by molar-refractivity contribution is 8.13. The van der Waals surface area contributed by atoms with Crippen molar-refractivity contribution in [3.05, 3.63) is 29.3 Å². The standard InChI is InChI=1S/C11H10ClF3O4S/c1-2-6-19-10(16)7-4-3-5-8(11(13,14)15)9(7)20(12,17)18/h3-5H,2,6H2,1H3. The minimum absolute atomic E-state index is 0.0448. The number of halogens is 4. The average Bonchev–Trinajstić information content (AvgIpc) is 2.32. The summed E-state index contributed by atoms with van der Waals surface area (Å²) in [6.45, 7) is 1.63. The van der Waals surface area contributed by atoms with Crippen LogP contribution in [0.4, 0.5) is 13.2 Å². The molecule has 20 heavy (non-hydrogen) atoms. The fourth-order valence-electron chi connectivity index (χ4n) is 1.46. The van der Waals surface area contributed by atoms with Crippen molar-refractivity contribution in [3.8, 4) is 0 Å². The molecule has 0 aliphatic carbocycles. The molecule has 0 aliphatic heterocycles. The van der Waals surface area contributed by atoms with E-state index in [0.717, 1.165) is 12.1 Å². The zero-order chi connectivity index (χ0) is 15.6. The lowest BCUT2D eigenvalue weighted by Gasteiger charge is -2.14. The fourth-order valence-corrected chi connectivity index (χ4v) is 2.82. The lowest BCUT2D eigenvalue weighted by molar-refractivity contribution is -0.139. The molecule has 0 fully saturated rings. The topological polar surface area (TPSA) is 60.4 Å². The molecule has 1 aromatic carbocycles. The number of ether oxygens (including phenoxy) is 1. The van der Waals surface area contributed by atoms with Gasteiger partial charge in [0, 0.05) is 10.7 Å². The molecule has 112 valence electrons. The Bertz CT molecular complexity index is 611. The quantitative estimate of drug-likeness (QED) is 0.628. The molecule has 0 atom stereocenters. The minimum Gasteiger partial charge on any atom is -0.462 e. The summed E-state index contributed by atoms with van der Waals surface area (Å²) in [6.07, 6.45) is -4.52. The SMILES string of the molecule is CCCOC(=O)c1cccc(C(F)(F)F)c1S(=O)(=O)Cl. The molecular weight excluding hydrogens is 321 g/mol. The molecule has 0 aromatic heterocycles. The molecule has 0 saturated heterocycles. The summed E-state index contributed by atoms with van der Waals surface area (Å²) in [5, 5.41) is 0. The van der Waals surface area contributed by atoms with Crippen molar-refractivity contribution in [2.24, 2.45) is 0 Å². The van der Waals surface area contributed by atoms with E-state index in [1.165, 1.54) is 0 Å². The highest BCUT2D eigenvalue weighted by Gasteiger charge is 2.39. The van der Waals surface area contributed by atoms with Gasteiger partial charge in [-0.2, -0.15) is 13.2 Å². The Morgan fingerprint density at radius 2 is 1.95 bits per heavy atom. The lowest BCUT2D eigenvalue weighted by atomic mass is 10.1. The van der Waals surface area contributed by atoms with Gasteiger partial charge in [-0.05, 0) is 18.6 Å². The average molecular weight is 331 g/mol. The van der Waals surface area contributed by atoms with Crippen molar-refractivity contribution in [2.45, 2.75) is 24.4 Å². The second kappa shape index (κ2) is 6.01. The molecule has 0 bridgehead atoms. The number of carbonyl (C=O) groups excluding carboxylic acids is 1. The van der Waals surface area contributed by atoms with Crippen LogP contribution < -0.4 is 0 Å². The number of benzene rings is 1. The van der Waals surface area contributed by atoms with Crippen molar-refractivity contribution >= 4 is 25.7 Å². The van der Waals surface area contributed by atoms with Crippen LogP contribution in [-0.4, -0.2) is 21.0 Å². The number of carbonyl (C=O) groups is 1. The number of rotatable bonds is 4. The Balaban J connectivity index is 3.50. The van der Waals surface area contributed by atoms with Gasteiger partial charge >= 0.3 is 12.1 Å². The van der Waals surface area contributed by atoms with E-state index in [1.54, 1.807) is 6.92 Å². The highest BCUT2D eigenvalue weighted by Crippen LogP contribution is 2.37. The van der Waals surface area contributed by atoms with Gasteiger partial charge in [0.15, 0.2) is 0 Å². The Morgan fingerprint density at radius 3 is 2.40 bits per heavy atom. The first-order valence-electron chi connectivity index (χ1n) is 5.41.